The van der Waals surface area contributed by atoms with E-state index in [-0.39, 0.29) is 5.82 Å². The van der Waals surface area contributed by atoms with Crippen molar-refractivity contribution in [3.8, 4) is 0 Å². The number of piperazine rings is 1. The summed E-state index contributed by atoms with van der Waals surface area (Å²) in [6, 6.07) is 4.61. The molecule has 3 heterocycles. The highest BCUT2D eigenvalue weighted by Crippen LogP contribution is 2.39. The molecular formula is C18H20FN5O. The SMILES string of the molecule is Cc1[nH]c2ccc(F)cc2c1C(C=O)(c1ncc[nH]1)N1CCNCC1. The Bertz CT molecular complexity index is 898. The van der Waals surface area contributed by atoms with E-state index in [0.29, 0.717) is 24.3 Å². The number of aldehydes is 1. The van der Waals surface area contributed by atoms with Gasteiger partial charge in [-0.15, -0.1) is 0 Å². The van der Waals surface area contributed by atoms with Crippen molar-refractivity contribution < 1.29 is 9.18 Å². The number of aromatic nitrogens is 3. The minimum absolute atomic E-state index is 0.327. The zero-order valence-corrected chi connectivity index (χ0v) is 14.0. The fourth-order valence-corrected chi connectivity index (χ4v) is 3.90. The Morgan fingerprint density at radius 3 is 2.80 bits per heavy atom. The van der Waals surface area contributed by atoms with Crippen LogP contribution in [-0.4, -0.2) is 52.3 Å². The molecule has 1 fully saturated rings. The highest BCUT2D eigenvalue weighted by Gasteiger charge is 2.46. The Morgan fingerprint density at radius 1 is 1.32 bits per heavy atom. The van der Waals surface area contributed by atoms with Gasteiger partial charge in [-0.25, -0.2) is 9.37 Å². The van der Waals surface area contributed by atoms with Crippen molar-refractivity contribution in [2.24, 2.45) is 0 Å². The van der Waals surface area contributed by atoms with Crippen molar-refractivity contribution in [1.29, 1.82) is 0 Å². The fraction of sp³-hybridized carbons (Fsp3) is 0.333. The van der Waals surface area contributed by atoms with Crippen LogP contribution in [0.25, 0.3) is 10.9 Å². The van der Waals surface area contributed by atoms with Crippen LogP contribution < -0.4 is 5.32 Å². The molecular weight excluding hydrogens is 321 g/mol. The van der Waals surface area contributed by atoms with E-state index in [9.17, 15) is 9.18 Å². The third-order valence-electron chi connectivity index (χ3n) is 4.97. The summed E-state index contributed by atoms with van der Waals surface area (Å²) in [5.74, 6) is 0.227. The molecule has 0 spiro atoms. The Labute approximate surface area is 144 Å². The van der Waals surface area contributed by atoms with Crippen molar-refractivity contribution in [3.63, 3.8) is 0 Å². The maximum Gasteiger partial charge on any atom is 0.163 e. The van der Waals surface area contributed by atoms with Gasteiger partial charge in [-0.3, -0.25) is 4.90 Å². The van der Waals surface area contributed by atoms with Gasteiger partial charge in [-0.1, -0.05) is 0 Å². The monoisotopic (exact) mass is 341 g/mol. The number of nitrogens with zero attached hydrogens (tertiary/aromatic N) is 2. The molecule has 7 heteroatoms. The number of fused-ring (bicyclic) bond motifs is 1. The van der Waals surface area contributed by atoms with Gasteiger partial charge in [-0.2, -0.15) is 0 Å². The molecule has 0 aliphatic carbocycles. The average Bonchev–Trinajstić information content (AvgIpc) is 3.27. The first kappa shape index (κ1) is 16.0. The number of nitrogens with one attached hydrogen (secondary N) is 3. The van der Waals surface area contributed by atoms with Gasteiger partial charge in [0.25, 0.3) is 0 Å². The summed E-state index contributed by atoms with van der Waals surface area (Å²) in [4.78, 5) is 25.5. The molecule has 6 nitrogen and oxygen atoms in total. The average molecular weight is 341 g/mol. The van der Waals surface area contributed by atoms with Gasteiger partial charge in [-0.05, 0) is 25.1 Å². The first-order chi connectivity index (χ1) is 12.2. The quantitative estimate of drug-likeness (QED) is 0.631. The maximum atomic E-state index is 14.0. The first-order valence-corrected chi connectivity index (χ1v) is 8.37. The molecule has 130 valence electrons. The minimum Gasteiger partial charge on any atom is -0.358 e. The zero-order valence-electron chi connectivity index (χ0n) is 14.0. The topological polar surface area (TPSA) is 76.8 Å². The van der Waals surface area contributed by atoms with Gasteiger partial charge in [0.15, 0.2) is 11.8 Å². The highest BCUT2D eigenvalue weighted by atomic mass is 19.1. The number of benzene rings is 1. The molecule has 0 saturated carbocycles. The van der Waals surface area contributed by atoms with Gasteiger partial charge >= 0.3 is 0 Å². The molecule has 1 atom stereocenters. The van der Waals surface area contributed by atoms with Crippen molar-refractivity contribution in [2.45, 2.75) is 12.5 Å². The molecule has 1 aromatic carbocycles. The van der Waals surface area contributed by atoms with E-state index in [1.807, 2.05) is 6.92 Å². The van der Waals surface area contributed by atoms with Crippen molar-refractivity contribution >= 4 is 17.2 Å². The molecule has 1 aliphatic rings. The summed E-state index contributed by atoms with van der Waals surface area (Å²) < 4.78 is 14.0. The summed E-state index contributed by atoms with van der Waals surface area (Å²) in [6.07, 6.45) is 4.28. The summed E-state index contributed by atoms with van der Waals surface area (Å²) in [7, 11) is 0. The number of aryl methyl sites for hydroxylation is 1. The molecule has 1 aliphatic heterocycles. The Balaban J connectivity index is 2.03. The first-order valence-electron chi connectivity index (χ1n) is 8.37. The second-order valence-corrected chi connectivity index (χ2v) is 6.37. The lowest BCUT2D eigenvalue weighted by Gasteiger charge is -2.41. The molecule has 2 aromatic heterocycles. The second kappa shape index (κ2) is 6.09. The number of H-pyrrole nitrogens is 2. The molecule has 0 amide bonds. The van der Waals surface area contributed by atoms with Crippen LogP contribution in [0.1, 0.15) is 17.1 Å². The van der Waals surface area contributed by atoms with Crippen LogP contribution in [0.4, 0.5) is 4.39 Å². The molecule has 25 heavy (non-hydrogen) atoms. The molecule has 1 unspecified atom stereocenters. The minimum atomic E-state index is -1.08. The van der Waals surface area contributed by atoms with Crippen molar-refractivity contribution in [3.05, 3.63) is 53.5 Å². The van der Waals surface area contributed by atoms with E-state index in [0.717, 1.165) is 36.1 Å². The van der Waals surface area contributed by atoms with Gasteiger partial charge in [0.2, 0.25) is 0 Å². The fourth-order valence-electron chi connectivity index (χ4n) is 3.90. The second-order valence-electron chi connectivity index (χ2n) is 6.37. The lowest BCUT2D eigenvalue weighted by molar-refractivity contribution is -0.117. The van der Waals surface area contributed by atoms with E-state index in [1.54, 1.807) is 18.5 Å². The summed E-state index contributed by atoms with van der Waals surface area (Å²) in [5.41, 5.74) is 1.32. The zero-order chi connectivity index (χ0) is 17.4. The smallest absolute Gasteiger partial charge is 0.163 e. The van der Waals surface area contributed by atoms with Gasteiger partial charge in [0.1, 0.15) is 11.6 Å². The van der Waals surface area contributed by atoms with E-state index >= 15 is 0 Å². The van der Waals surface area contributed by atoms with Crippen LogP contribution in [0.2, 0.25) is 0 Å². The summed E-state index contributed by atoms with van der Waals surface area (Å²) in [5, 5.41) is 4.01. The van der Waals surface area contributed by atoms with E-state index in [1.165, 1.54) is 12.1 Å². The van der Waals surface area contributed by atoms with E-state index < -0.39 is 5.54 Å². The third kappa shape index (κ3) is 2.39. The number of hydrogen-bond donors (Lipinski definition) is 3. The molecule has 3 aromatic rings. The van der Waals surface area contributed by atoms with Crippen LogP contribution >= 0.6 is 0 Å². The number of aromatic amines is 2. The maximum absolute atomic E-state index is 14.0. The van der Waals surface area contributed by atoms with Gasteiger partial charge in [0, 0.05) is 60.7 Å². The third-order valence-corrected chi connectivity index (χ3v) is 4.97. The predicted molar refractivity (Wildman–Crippen MR) is 92.9 cm³/mol. The highest BCUT2D eigenvalue weighted by molar-refractivity contribution is 5.91. The Morgan fingerprint density at radius 2 is 2.12 bits per heavy atom. The van der Waals surface area contributed by atoms with Gasteiger partial charge < -0.3 is 20.1 Å². The standard InChI is InChI=1S/C18H20FN5O/c1-12-16(14-10-13(19)2-3-15(14)23-12)18(11-25,17-21-4-5-22-17)24-8-6-20-7-9-24/h2-5,10-11,20,23H,6-9H2,1H3,(H,21,22). The normalized spacial score (nSPS) is 18.3. The van der Waals surface area contributed by atoms with Crippen molar-refractivity contribution in [1.82, 2.24) is 25.2 Å². The van der Waals surface area contributed by atoms with Crippen LogP contribution in [0.15, 0.2) is 30.6 Å². The van der Waals surface area contributed by atoms with Crippen LogP contribution in [0, 0.1) is 12.7 Å². The number of imidazole rings is 1. The van der Waals surface area contributed by atoms with E-state index in [4.69, 9.17) is 0 Å². The summed E-state index contributed by atoms with van der Waals surface area (Å²) in [6.45, 7) is 4.87. The van der Waals surface area contributed by atoms with Crippen LogP contribution in [0.5, 0.6) is 0 Å². The number of halogens is 1. The Kier molecular flexibility index (Phi) is 3.89. The number of carbonyl (C=O) groups is 1. The van der Waals surface area contributed by atoms with Gasteiger partial charge in [0.05, 0.1) is 0 Å². The van der Waals surface area contributed by atoms with E-state index in [2.05, 4.69) is 25.2 Å². The lowest BCUT2D eigenvalue weighted by Crippen LogP contribution is -2.56. The van der Waals surface area contributed by atoms with Crippen LogP contribution in [-0.2, 0) is 10.3 Å². The summed E-state index contributed by atoms with van der Waals surface area (Å²) >= 11 is 0. The molecule has 0 radical (unpaired) electrons. The molecule has 4 rings (SSSR count). The number of rotatable bonds is 4. The number of carbonyl (C=O) groups excluding carboxylic acids is 1. The molecule has 1 saturated heterocycles. The lowest BCUT2D eigenvalue weighted by atomic mass is 9.85. The predicted octanol–water partition coefficient (Wildman–Crippen LogP) is 1.69. The largest absolute Gasteiger partial charge is 0.358 e. The van der Waals surface area contributed by atoms with Crippen LogP contribution in [0.3, 0.4) is 0 Å². The van der Waals surface area contributed by atoms with Crippen molar-refractivity contribution in [2.75, 3.05) is 26.2 Å². The Hall–Kier alpha value is -2.51. The number of hydrogen-bond acceptors (Lipinski definition) is 4. The molecule has 3 N–H and O–H groups in total. The molecule has 0 bridgehead atoms.